The van der Waals surface area contributed by atoms with Gasteiger partial charge in [0.05, 0.1) is 42.0 Å². The molecule has 3 aromatic rings. The topological polar surface area (TPSA) is 139 Å². The van der Waals surface area contributed by atoms with E-state index < -0.39 is 29.6 Å². The lowest BCUT2D eigenvalue weighted by molar-refractivity contribution is -0.134. The number of phenolic OH excluding ortho intramolecular Hbond substituents is 1. The third kappa shape index (κ3) is 5.13. The molecule has 1 amide bonds. The summed E-state index contributed by atoms with van der Waals surface area (Å²) in [6, 6.07) is 8.58. The van der Waals surface area contributed by atoms with E-state index in [2.05, 4.69) is 32.6 Å². The van der Waals surface area contributed by atoms with Gasteiger partial charge in [-0.25, -0.2) is 8.78 Å². The van der Waals surface area contributed by atoms with Gasteiger partial charge in [-0.1, -0.05) is 12.1 Å². The number of rotatable bonds is 7. The Morgan fingerprint density at radius 1 is 1.21 bits per heavy atom. The van der Waals surface area contributed by atoms with Crippen molar-refractivity contribution in [1.29, 1.82) is 0 Å². The minimum absolute atomic E-state index is 0.0239. The Kier molecular flexibility index (Phi) is 7.43. The van der Waals surface area contributed by atoms with Crippen molar-refractivity contribution in [3.05, 3.63) is 50.7 Å². The van der Waals surface area contributed by atoms with E-state index in [1.54, 1.807) is 17.9 Å². The number of nitrogens with zero attached hydrogens (tertiary/aromatic N) is 4. The Hall–Kier alpha value is -2.88. The number of ether oxygens (including phenoxy) is 1. The highest BCUT2D eigenvalue weighted by molar-refractivity contribution is 14.1. The first-order valence-corrected chi connectivity index (χ1v) is 14.8. The van der Waals surface area contributed by atoms with Gasteiger partial charge in [-0.15, -0.1) is 0 Å². The smallest absolute Gasteiger partial charge is 0.318 e. The van der Waals surface area contributed by atoms with Gasteiger partial charge in [0.25, 0.3) is 5.91 Å². The first kappa shape index (κ1) is 29.2. The zero-order valence-electron chi connectivity index (χ0n) is 22.8. The van der Waals surface area contributed by atoms with Crippen LogP contribution in [-0.2, 0) is 13.1 Å². The fourth-order valence-electron chi connectivity index (χ4n) is 6.25. The maximum Gasteiger partial charge on any atom is 0.318 e. The first-order valence-electron chi connectivity index (χ1n) is 13.7. The summed E-state index contributed by atoms with van der Waals surface area (Å²) < 4.78 is 34.1. The largest absolute Gasteiger partial charge is 0.508 e. The highest BCUT2D eigenvalue weighted by atomic mass is 127. The number of hydrogen-bond acceptors (Lipinski definition) is 9. The SMILES string of the molecule is C[C@@]1(O)CCCN(c2nc(OC[C@@H]3CC3(C(O)F)C(O)F)nc3c2CN(C(=O)c2cc(O)cc4cccc(I)c24)C3)C1. The molecule has 2 aromatic carbocycles. The molecule has 2 unspecified atom stereocenters. The van der Waals surface area contributed by atoms with E-state index in [1.807, 2.05) is 23.1 Å². The number of phenols is 1. The number of amides is 1. The van der Waals surface area contributed by atoms with Crippen LogP contribution in [0.4, 0.5) is 14.6 Å². The number of halogens is 3. The van der Waals surface area contributed by atoms with Gasteiger partial charge in [0.2, 0.25) is 12.7 Å². The number of alkyl halides is 2. The molecule has 13 heteroatoms. The van der Waals surface area contributed by atoms with Crippen LogP contribution in [0.5, 0.6) is 11.8 Å². The monoisotopic (exact) mass is 696 g/mol. The predicted molar refractivity (Wildman–Crippen MR) is 156 cm³/mol. The van der Waals surface area contributed by atoms with Crippen LogP contribution in [0.25, 0.3) is 10.8 Å². The van der Waals surface area contributed by atoms with E-state index >= 15 is 0 Å². The van der Waals surface area contributed by atoms with Crippen LogP contribution in [0.3, 0.4) is 0 Å². The molecule has 4 atom stereocenters. The minimum atomic E-state index is -2.55. The molecule has 0 bridgehead atoms. The summed E-state index contributed by atoms with van der Waals surface area (Å²) in [5.41, 5.74) is -1.30. The molecule has 2 aliphatic heterocycles. The van der Waals surface area contributed by atoms with Crippen molar-refractivity contribution in [2.75, 3.05) is 24.6 Å². The van der Waals surface area contributed by atoms with E-state index in [-0.39, 0.29) is 43.8 Å². The van der Waals surface area contributed by atoms with Crippen LogP contribution in [-0.4, -0.2) is 79.2 Å². The molecule has 1 aromatic heterocycles. The van der Waals surface area contributed by atoms with Gasteiger partial charge in [-0.2, -0.15) is 9.97 Å². The number of aromatic nitrogens is 2. The summed E-state index contributed by atoms with van der Waals surface area (Å²) in [5, 5.41) is 41.4. The Balaban J connectivity index is 1.31. The molecule has 1 aliphatic carbocycles. The van der Waals surface area contributed by atoms with Gasteiger partial charge in [0.1, 0.15) is 11.6 Å². The van der Waals surface area contributed by atoms with Gasteiger partial charge in [-0.05, 0) is 72.4 Å². The maximum atomic E-state index is 13.9. The quantitative estimate of drug-likeness (QED) is 0.274. The van der Waals surface area contributed by atoms with Gasteiger partial charge in [-0.3, -0.25) is 4.79 Å². The number of β-amino-alcohol motifs (C(OH)–C–C–N with tert-alkyl or cyclic N) is 1. The Morgan fingerprint density at radius 2 is 1.98 bits per heavy atom. The van der Waals surface area contributed by atoms with Crippen molar-refractivity contribution in [3.8, 4) is 11.8 Å². The average Bonchev–Trinajstić information content (AvgIpc) is 3.53. The van der Waals surface area contributed by atoms with Crippen LogP contribution in [0.2, 0.25) is 0 Å². The van der Waals surface area contributed by atoms with Gasteiger partial charge in [0, 0.05) is 33.5 Å². The number of aromatic hydroxyl groups is 1. The van der Waals surface area contributed by atoms with Crippen LogP contribution >= 0.6 is 22.6 Å². The van der Waals surface area contributed by atoms with E-state index in [0.717, 1.165) is 14.3 Å². The van der Waals surface area contributed by atoms with Crippen LogP contribution in [0.1, 0.15) is 47.8 Å². The number of fused-ring (bicyclic) bond motifs is 2. The van der Waals surface area contributed by atoms with E-state index in [4.69, 9.17) is 4.74 Å². The lowest BCUT2D eigenvalue weighted by Gasteiger charge is -2.38. The fraction of sp³-hybridized carbons (Fsp3) is 0.483. The molecular weight excluding hydrogens is 665 g/mol. The second-order valence-corrected chi connectivity index (χ2v) is 12.9. The Morgan fingerprint density at radius 3 is 2.67 bits per heavy atom. The van der Waals surface area contributed by atoms with E-state index in [0.29, 0.717) is 48.6 Å². The van der Waals surface area contributed by atoms with Crippen LogP contribution in [0.15, 0.2) is 30.3 Å². The Bertz CT molecular complexity index is 1550. The maximum absolute atomic E-state index is 13.9. The molecule has 0 spiro atoms. The van der Waals surface area contributed by atoms with Gasteiger partial charge in [0.15, 0.2) is 0 Å². The average molecular weight is 696 g/mol. The molecule has 3 aliphatic rings. The summed E-state index contributed by atoms with van der Waals surface area (Å²) >= 11 is 2.16. The number of carbonyl (C=O) groups excluding carboxylic acids is 1. The van der Waals surface area contributed by atoms with Gasteiger partial charge < -0.3 is 35.0 Å². The number of piperidine rings is 1. The summed E-state index contributed by atoms with van der Waals surface area (Å²) in [6.07, 6.45) is -3.86. The van der Waals surface area contributed by atoms with Crippen molar-refractivity contribution in [2.45, 2.75) is 57.6 Å². The van der Waals surface area contributed by atoms with Crippen LogP contribution < -0.4 is 9.64 Å². The number of benzene rings is 2. The number of carbonyl (C=O) groups is 1. The van der Waals surface area contributed by atoms with Crippen molar-refractivity contribution < 1.29 is 38.7 Å². The molecule has 42 heavy (non-hydrogen) atoms. The fourth-order valence-corrected chi connectivity index (χ4v) is 7.05. The molecule has 6 rings (SSSR count). The molecule has 1 saturated carbocycles. The molecular formula is C29H31F2IN4O6. The van der Waals surface area contributed by atoms with Gasteiger partial charge >= 0.3 is 6.01 Å². The molecule has 1 saturated heterocycles. The normalized spacial score (nSPS) is 26.7. The lowest BCUT2D eigenvalue weighted by Crippen LogP contribution is -2.47. The van der Waals surface area contributed by atoms with Crippen molar-refractivity contribution in [2.24, 2.45) is 11.3 Å². The number of aliphatic hydroxyl groups is 3. The zero-order valence-corrected chi connectivity index (χ0v) is 25.0. The summed E-state index contributed by atoms with van der Waals surface area (Å²) in [4.78, 5) is 26.6. The molecule has 2 fully saturated rings. The van der Waals surface area contributed by atoms with Crippen LogP contribution in [0, 0.1) is 14.9 Å². The molecule has 224 valence electrons. The predicted octanol–water partition coefficient (Wildman–Crippen LogP) is 3.41. The highest BCUT2D eigenvalue weighted by Crippen LogP contribution is 2.58. The minimum Gasteiger partial charge on any atom is -0.508 e. The van der Waals surface area contributed by atoms with E-state index in [9.17, 15) is 34.0 Å². The first-order chi connectivity index (χ1) is 19.9. The number of aliphatic hydroxyl groups excluding tert-OH is 2. The second kappa shape index (κ2) is 10.7. The third-order valence-electron chi connectivity index (χ3n) is 8.64. The molecule has 3 heterocycles. The number of hydrogen-bond donors (Lipinski definition) is 4. The van der Waals surface area contributed by atoms with E-state index in [1.165, 1.54) is 6.07 Å². The highest BCUT2D eigenvalue weighted by Gasteiger charge is 2.65. The lowest BCUT2D eigenvalue weighted by atomic mass is 9.95. The third-order valence-corrected chi connectivity index (χ3v) is 9.54. The summed E-state index contributed by atoms with van der Waals surface area (Å²) in [5.74, 6) is -0.607. The summed E-state index contributed by atoms with van der Waals surface area (Å²) in [7, 11) is 0. The number of anilines is 1. The second-order valence-electron chi connectivity index (χ2n) is 11.8. The summed E-state index contributed by atoms with van der Waals surface area (Å²) in [6.45, 7) is 2.75. The zero-order chi connectivity index (χ0) is 30.0. The Labute approximate surface area is 254 Å². The molecule has 10 nitrogen and oxygen atoms in total. The van der Waals surface area contributed by atoms with Crippen molar-refractivity contribution >= 4 is 45.1 Å². The standard InChI is InChI=1S/C29H31F2IN4O6/c1-28(41)6-3-7-35(14-28)23-19-11-36(24(38)18-9-17(37)8-15-4-2-5-20(32)22(15)18)12-21(19)33-27(34-23)42-13-16-10-29(16,25(30)39)26(31)40/h2,4-5,8-9,16,25-26,37,39-41H,3,6-7,10-14H2,1H3/t16-,25?,26?,28+,29?/m0/s1. The molecule has 0 radical (unpaired) electrons. The van der Waals surface area contributed by atoms with Crippen molar-refractivity contribution in [3.63, 3.8) is 0 Å². The van der Waals surface area contributed by atoms with Crippen molar-refractivity contribution in [1.82, 2.24) is 14.9 Å². The molecule has 4 N–H and O–H groups in total.